The first-order chi connectivity index (χ1) is 5.08. The van der Waals surface area contributed by atoms with Crippen molar-refractivity contribution in [3.8, 4) is 0 Å². The minimum Gasteiger partial charge on any atom is -0.364 e. The van der Waals surface area contributed by atoms with E-state index in [9.17, 15) is 0 Å². The third-order valence-electron chi connectivity index (χ3n) is 1.80. The van der Waals surface area contributed by atoms with Crippen molar-refractivity contribution in [1.29, 1.82) is 0 Å². The van der Waals surface area contributed by atoms with Gasteiger partial charge in [0.05, 0.1) is 6.61 Å². The number of hydrogen-bond donors (Lipinski definition) is 2. The fraction of sp³-hybridized carbons (Fsp3) is 1.00. The summed E-state index contributed by atoms with van der Waals surface area (Å²) in [4.78, 5) is -0.287. The van der Waals surface area contributed by atoms with Gasteiger partial charge in [-0.15, -0.1) is 12.6 Å². The van der Waals surface area contributed by atoms with Crippen LogP contribution in [0.5, 0.6) is 0 Å². The van der Waals surface area contributed by atoms with E-state index in [1.807, 2.05) is 13.8 Å². The average molecular weight is 175 g/mol. The number of thiol groups is 1. The standard InChI is InChI=1S/C8H17NOS/c1-8(2,11)10-6-7-4-3-5-9-7/h7,9,11H,3-6H2,1-2H3/t7-/m1/s1. The van der Waals surface area contributed by atoms with Gasteiger partial charge in [0, 0.05) is 6.04 Å². The van der Waals surface area contributed by atoms with Gasteiger partial charge in [0.2, 0.25) is 0 Å². The molecule has 11 heavy (non-hydrogen) atoms. The normalized spacial score (nSPS) is 25.9. The van der Waals surface area contributed by atoms with Crippen molar-refractivity contribution < 1.29 is 4.74 Å². The maximum absolute atomic E-state index is 5.51. The highest BCUT2D eigenvalue weighted by atomic mass is 32.1. The Labute approximate surface area is 74.1 Å². The molecule has 0 bridgehead atoms. The Bertz CT molecular complexity index is 116. The second-order valence-electron chi connectivity index (χ2n) is 3.55. The third-order valence-corrected chi connectivity index (χ3v) is 1.93. The first-order valence-corrected chi connectivity index (χ1v) is 4.62. The molecule has 1 heterocycles. The Hall–Kier alpha value is 0.270. The Balaban J connectivity index is 2.11. The van der Waals surface area contributed by atoms with Gasteiger partial charge in [-0.05, 0) is 33.2 Å². The van der Waals surface area contributed by atoms with E-state index in [1.165, 1.54) is 12.8 Å². The fourth-order valence-electron chi connectivity index (χ4n) is 1.20. The zero-order valence-corrected chi connectivity index (χ0v) is 8.16. The van der Waals surface area contributed by atoms with E-state index < -0.39 is 0 Å². The molecule has 0 aromatic carbocycles. The van der Waals surface area contributed by atoms with Crippen LogP contribution in [0.2, 0.25) is 0 Å². The molecule has 0 aromatic rings. The molecule has 66 valence electrons. The zero-order valence-electron chi connectivity index (χ0n) is 7.26. The van der Waals surface area contributed by atoms with Crippen LogP contribution in [0.3, 0.4) is 0 Å². The number of ether oxygens (including phenoxy) is 1. The summed E-state index contributed by atoms with van der Waals surface area (Å²) in [5.41, 5.74) is 0. The lowest BCUT2D eigenvalue weighted by molar-refractivity contribution is 0.0417. The first-order valence-electron chi connectivity index (χ1n) is 4.18. The van der Waals surface area contributed by atoms with E-state index in [1.54, 1.807) is 0 Å². The van der Waals surface area contributed by atoms with Crippen molar-refractivity contribution in [3.63, 3.8) is 0 Å². The Morgan fingerprint density at radius 3 is 2.82 bits per heavy atom. The molecule has 1 atom stereocenters. The summed E-state index contributed by atoms with van der Waals surface area (Å²) in [6.45, 7) is 5.85. The lowest BCUT2D eigenvalue weighted by Gasteiger charge is -2.21. The molecule has 0 spiro atoms. The third kappa shape index (κ3) is 3.99. The summed E-state index contributed by atoms with van der Waals surface area (Å²) in [7, 11) is 0. The maximum atomic E-state index is 5.51. The Morgan fingerprint density at radius 2 is 2.36 bits per heavy atom. The van der Waals surface area contributed by atoms with Gasteiger partial charge < -0.3 is 10.1 Å². The molecular formula is C8H17NOS. The van der Waals surface area contributed by atoms with Crippen molar-refractivity contribution in [1.82, 2.24) is 5.32 Å². The zero-order chi connectivity index (χ0) is 8.32. The molecule has 0 aromatic heterocycles. The summed E-state index contributed by atoms with van der Waals surface area (Å²) in [6, 6.07) is 0.557. The van der Waals surface area contributed by atoms with Crippen molar-refractivity contribution in [2.75, 3.05) is 13.2 Å². The SMILES string of the molecule is CC(C)(S)OC[C@H]1CCCN1. The highest BCUT2D eigenvalue weighted by Crippen LogP contribution is 2.15. The van der Waals surface area contributed by atoms with Crippen molar-refractivity contribution in [2.45, 2.75) is 37.7 Å². The molecule has 3 heteroatoms. The van der Waals surface area contributed by atoms with Crippen molar-refractivity contribution >= 4 is 12.6 Å². The van der Waals surface area contributed by atoms with Gasteiger partial charge in [-0.25, -0.2) is 0 Å². The van der Waals surface area contributed by atoms with Crippen LogP contribution in [0.25, 0.3) is 0 Å². The van der Waals surface area contributed by atoms with Gasteiger partial charge >= 0.3 is 0 Å². The molecule has 2 nitrogen and oxygen atoms in total. The predicted octanol–water partition coefficient (Wildman–Crippen LogP) is 1.42. The van der Waals surface area contributed by atoms with Crippen LogP contribution in [-0.4, -0.2) is 24.1 Å². The second-order valence-corrected chi connectivity index (χ2v) is 4.63. The summed E-state index contributed by atoms with van der Waals surface area (Å²) < 4.78 is 5.51. The van der Waals surface area contributed by atoms with Crippen LogP contribution < -0.4 is 5.32 Å². The van der Waals surface area contributed by atoms with Crippen molar-refractivity contribution in [3.05, 3.63) is 0 Å². The quantitative estimate of drug-likeness (QED) is 0.500. The van der Waals surface area contributed by atoms with Crippen LogP contribution >= 0.6 is 12.6 Å². The lowest BCUT2D eigenvalue weighted by atomic mass is 10.2. The highest BCUT2D eigenvalue weighted by molar-refractivity contribution is 7.81. The van der Waals surface area contributed by atoms with Crippen LogP contribution in [0, 0.1) is 0 Å². The van der Waals surface area contributed by atoms with Crippen LogP contribution in [0.4, 0.5) is 0 Å². The second kappa shape index (κ2) is 3.78. The lowest BCUT2D eigenvalue weighted by Crippen LogP contribution is -2.30. The molecule has 1 saturated heterocycles. The van der Waals surface area contributed by atoms with E-state index in [2.05, 4.69) is 17.9 Å². The molecule has 1 N–H and O–H groups in total. The molecule has 1 fully saturated rings. The molecule has 0 saturated carbocycles. The van der Waals surface area contributed by atoms with Crippen LogP contribution in [0.15, 0.2) is 0 Å². The summed E-state index contributed by atoms with van der Waals surface area (Å²) in [5.74, 6) is 0. The van der Waals surface area contributed by atoms with E-state index in [4.69, 9.17) is 4.74 Å². The maximum Gasteiger partial charge on any atom is 0.105 e. The molecule has 0 aliphatic carbocycles. The topological polar surface area (TPSA) is 21.3 Å². The molecule has 0 radical (unpaired) electrons. The van der Waals surface area contributed by atoms with E-state index in [0.29, 0.717) is 6.04 Å². The smallest absolute Gasteiger partial charge is 0.105 e. The van der Waals surface area contributed by atoms with E-state index in [-0.39, 0.29) is 4.93 Å². The molecule has 1 aliphatic rings. The predicted molar refractivity (Wildman–Crippen MR) is 50.0 cm³/mol. The van der Waals surface area contributed by atoms with Gasteiger partial charge in [0.15, 0.2) is 0 Å². The van der Waals surface area contributed by atoms with Crippen LogP contribution in [-0.2, 0) is 4.74 Å². The highest BCUT2D eigenvalue weighted by Gasteiger charge is 2.18. The fourth-order valence-corrected chi connectivity index (χ4v) is 1.28. The van der Waals surface area contributed by atoms with Crippen LogP contribution in [0.1, 0.15) is 26.7 Å². The number of hydrogen-bond acceptors (Lipinski definition) is 3. The van der Waals surface area contributed by atoms with Gasteiger partial charge in [0.25, 0.3) is 0 Å². The minimum atomic E-state index is -0.287. The van der Waals surface area contributed by atoms with Gasteiger partial charge in [-0.1, -0.05) is 0 Å². The van der Waals surface area contributed by atoms with Gasteiger partial charge in [-0.3, -0.25) is 0 Å². The number of rotatable bonds is 3. The molecular weight excluding hydrogens is 158 g/mol. The monoisotopic (exact) mass is 175 g/mol. The molecule has 1 aliphatic heterocycles. The minimum absolute atomic E-state index is 0.287. The van der Waals surface area contributed by atoms with Gasteiger partial charge in [-0.2, -0.15) is 0 Å². The Morgan fingerprint density at radius 1 is 1.64 bits per heavy atom. The van der Waals surface area contributed by atoms with Gasteiger partial charge in [0.1, 0.15) is 4.93 Å². The van der Waals surface area contributed by atoms with E-state index >= 15 is 0 Å². The molecule has 1 rings (SSSR count). The molecule has 0 unspecified atom stereocenters. The van der Waals surface area contributed by atoms with E-state index in [0.717, 1.165) is 13.2 Å². The summed E-state index contributed by atoms with van der Waals surface area (Å²) in [6.07, 6.45) is 2.52. The average Bonchev–Trinajstić information content (AvgIpc) is 2.32. The summed E-state index contributed by atoms with van der Waals surface area (Å²) in [5, 5.41) is 3.37. The Kier molecular flexibility index (Phi) is 3.22. The first kappa shape index (κ1) is 9.36. The largest absolute Gasteiger partial charge is 0.364 e. The summed E-state index contributed by atoms with van der Waals surface area (Å²) >= 11 is 4.28. The molecule has 0 amide bonds. The number of nitrogens with one attached hydrogen (secondary N) is 1. The van der Waals surface area contributed by atoms with Crippen molar-refractivity contribution in [2.24, 2.45) is 0 Å².